The Hall–Kier alpha value is -2.71. The molecule has 1 aliphatic heterocycles. The summed E-state index contributed by atoms with van der Waals surface area (Å²) in [7, 11) is 1.59. The van der Waals surface area contributed by atoms with Gasteiger partial charge in [0.15, 0.2) is 5.76 Å². The van der Waals surface area contributed by atoms with Crippen molar-refractivity contribution in [3.63, 3.8) is 0 Å². The number of ether oxygens (including phenoxy) is 1. The van der Waals surface area contributed by atoms with E-state index in [9.17, 15) is 14.7 Å². The van der Waals surface area contributed by atoms with E-state index in [-0.39, 0.29) is 11.4 Å². The number of thiazole rings is 1. The number of nitrogens with zero attached hydrogens (tertiary/aromatic N) is 3. The van der Waals surface area contributed by atoms with Gasteiger partial charge in [-0.3, -0.25) is 9.59 Å². The van der Waals surface area contributed by atoms with Gasteiger partial charge in [-0.25, -0.2) is 4.98 Å². The molecule has 0 spiro atoms. The third-order valence-electron chi connectivity index (χ3n) is 5.86. The zero-order valence-corrected chi connectivity index (χ0v) is 20.2. The van der Waals surface area contributed by atoms with Crippen LogP contribution in [0.5, 0.6) is 5.75 Å². The number of amides is 1. The molecular formula is C24H31N3O4S. The number of rotatable bonds is 10. The van der Waals surface area contributed by atoms with Gasteiger partial charge in [-0.15, -0.1) is 11.3 Å². The minimum atomic E-state index is -0.653. The molecule has 1 aromatic carbocycles. The molecule has 0 radical (unpaired) electrons. The van der Waals surface area contributed by atoms with Crippen molar-refractivity contribution in [3.8, 4) is 5.75 Å². The Balaban J connectivity index is 1.98. The lowest BCUT2D eigenvalue weighted by atomic mass is 9.95. The van der Waals surface area contributed by atoms with Gasteiger partial charge >= 0.3 is 0 Å². The Morgan fingerprint density at radius 3 is 2.41 bits per heavy atom. The largest absolute Gasteiger partial charge is 0.503 e. The first-order valence-corrected chi connectivity index (χ1v) is 11.7. The minimum absolute atomic E-state index is 0.120. The van der Waals surface area contributed by atoms with Gasteiger partial charge in [0.2, 0.25) is 5.78 Å². The van der Waals surface area contributed by atoms with E-state index in [1.54, 1.807) is 31.1 Å². The quantitative estimate of drug-likeness (QED) is 0.542. The van der Waals surface area contributed by atoms with Crippen LogP contribution in [0.1, 0.15) is 52.2 Å². The number of aromatic nitrogens is 1. The summed E-state index contributed by atoms with van der Waals surface area (Å²) in [5.74, 6) is -0.635. The van der Waals surface area contributed by atoms with Crippen molar-refractivity contribution in [1.29, 1.82) is 0 Å². The molecule has 2 aromatic rings. The van der Waals surface area contributed by atoms with Crippen molar-refractivity contribution >= 4 is 23.0 Å². The van der Waals surface area contributed by atoms with E-state index >= 15 is 0 Å². The summed E-state index contributed by atoms with van der Waals surface area (Å²) < 4.78 is 5.26. The number of carbonyl (C=O) groups excluding carboxylic acids is 2. The summed E-state index contributed by atoms with van der Waals surface area (Å²) in [6.45, 7) is 11.0. The first-order valence-electron chi connectivity index (χ1n) is 10.9. The first-order chi connectivity index (χ1) is 15.3. The molecule has 8 heteroatoms. The SMILES string of the molecule is CCN(CC)CCCN1C(=O)C(O)=C(C(=O)c2sc(C)nc2C)[C@H]1c1ccc(OC)cc1. The van der Waals surface area contributed by atoms with Crippen LogP contribution in [-0.2, 0) is 4.79 Å². The molecule has 1 atom stereocenters. The number of Topliss-reactive ketones (excluding diaryl/α,β-unsaturated/α-hetero) is 1. The Labute approximate surface area is 193 Å². The molecule has 172 valence electrons. The summed E-state index contributed by atoms with van der Waals surface area (Å²) in [4.78, 5) is 35.3. The van der Waals surface area contributed by atoms with E-state index in [2.05, 4.69) is 23.7 Å². The molecule has 0 aliphatic carbocycles. The third-order valence-corrected chi connectivity index (χ3v) is 6.93. The Morgan fingerprint density at radius 1 is 1.22 bits per heavy atom. The molecule has 1 N–H and O–H groups in total. The number of ketones is 1. The number of hydrogen-bond acceptors (Lipinski definition) is 7. The molecule has 1 aliphatic rings. The molecule has 0 bridgehead atoms. The molecule has 7 nitrogen and oxygen atoms in total. The standard InChI is InChI=1S/C24H31N3O4S/c1-6-26(7-2)13-8-14-27-20(17-9-11-18(31-5)12-10-17)19(22(29)24(27)30)21(28)23-15(3)25-16(4)32-23/h9-12,20,29H,6-8,13-14H2,1-5H3/t20-/m1/s1. The fourth-order valence-electron chi connectivity index (χ4n) is 4.12. The van der Waals surface area contributed by atoms with E-state index in [1.807, 2.05) is 19.1 Å². The van der Waals surface area contributed by atoms with Crippen LogP contribution in [0.15, 0.2) is 35.6 Å². The molecule has 3 rings (SSSR count). The van der Waals surface area contributed by atoms with Crippen LogP contribution in [0, 0.1) is 13.8 Å². The van der Waals surface area contributed by atoms with Crippen molar-refractivity contribution in [1.82, 2.24) is 14.8 Å². The van der Waals surface area contributed by atoms with E-state index in [0.29, 0.717) is 22.9 Å². The molecule has 0 saturated heterocycles. The highest BCUT2D eigenvalue weighted by atomic mass is 32.1. The highest BCUT2D eigenvalue weighted by Crippen LogP contribution is 2.40. The zero-order chi connectivity index (χ0) is 23.4. The molecule has 0 unspecified atom stereocenters. The highest BCUT2D eigenvalue weighted by Gasteiger charge is 2.44. The van der Waals surface area contributed by atoms with Crippen LogP contribution >= 0.6 is 11.3 Å². The molecule has 2 heterocycles. The summed E-state index contributed by atoms with van der Waals surface area (Å²) in [6.07, 6.45) is 0.744. The predicted octanol–water partition coefficient (Wildman–Crippen LogP) is 4.08. The second-order valence-electron chi connectivity index (χ2n) is 7.79. The van der Waals surface area contributed by atoms with Crippen molar-refractivity contribution in [2.75, 3.05) is 33.3 Å². The van der Waals surface area contributed by atoms with E-state index in [0.717, 1.165) is 36.6 Å². The lowest BCUT2D eigenvalue weighted by Gasteiger charge is -2.28. The van der Waals surface area contributed by atoms with Gasteiger partial charge in [0.25, 0.3) is 5.91 Å². The Morgan fingerprint density at radius 2 is 1.88 bits per heavy atom. The summed E-state index contributed by atoms with van der Waals surface area (Å²) >= 11 is 1.28. The molecule has 0 fully saturated rings. The van der Waals surface area contributed by atoms with Crippen molar-refractivity contribution in [2.24, 2.45) is 0 Å². The van der Waals surface area contributed by atoms with Crippen LogP contribution in [-0.4, -0.2) is 64.9 Å². The van der Waals surface area contributed by atoms with Crippen molar-refractivity contribution in [2.45, 2.75) is 40.2 Å². The summed E-state index contributed by atoms with van der Waals surface area (Å²) in [5, 5.41) is 11.6. The van der Waals surface area contributed by atoms with Gasteiger partial charge in [-0.2, -0.15) is 0 Å². The number of carbonyl (C=O) groups is 2. The van der Waals surface area contributed by atoms with Crippen molar-refractivity contribution in [3.05, 3.63) is 56.7 Å². The van der Waals surface area contributed by atoms with Gasteiger partial charge in [-0.1, -0.05) is 26.0 Å². The van der Waals surface area contributed by atoms with Crippen LogP contribution in [0.3, 0.4) is 0 Å². The molecule has 0 saturated carbocycles. The predicted molar refractivity (Wildman–Crippen MR) is 125 cm³/mol. The number of benzene rings is 1. The maximum absolute atomic E-state index is 13.5. The van der Waals surface area contributed by atoms with Gasteiger partial charge < -0.3 is 19.6 Å². The fourth-order valence-corrected chi connectivity index (χ4v) is 4.99. The second-order valence-corrected chi connectivity index (χ2v) is 9.00. The highest BCUT2D eigenvalue weighted by molar-refractivity contribution is 7.14. The number of methoxy groups -OCH3 is 1. The van der Waals surface area contributed by atoms with E-state index in [1.165, 1.54) is 11.3 Å². The van der Waals surface area contributed by atoms with Crippen LogP contribution in [0.4, 0.5) is 0 Å². The van der Waals surface area contributed by atoms with E-state index in [4.69, 9.17) is 4.74 Å². The molecular weight excluding hydrogens is 426 g/mol. The number of aryl methyl sites for hydroxylation is 2. The van der Waals surface area contributed by atoms with Gasteiger partial charge in [0.05, 0.1) is 34.3 Å². The minimum Gasteiger partial charge on any atom is -0.503 e. The van der Waals surface area contributed by atoms with Crippen molar-refractivity contribution < 1.29 is 19.4 Å². The monoisotopic (exact) mass is 457 g/mol. The average Bonchev–Trinajstić information content (AvgIpc) is 3.26. The lowest BCUT2D eigenvalue weighted by Crippen LogP contribution is -2.34. The van der Waals surface area contributed by atoms with Crippen LogP contribution in [0.2, 0.25) is 0 Å². The average molecular weight is 458 g/mol. The van der Waals surface area contributed by atoms with Gasteiger partial charge in [0, 0.05) is 6.54 Å². The number of aliphatic hydroxyl groups is 1. The Kier molecular flexibility index (Phi) is 7.69. The number of aliphatic hydroxyl groups excluding tert-OH is 1. The molecule has 1 amide bonds. The lowest BCUT2D eigenvalue weighted by molar-refractivity contribution is -0.129. The smallest absolute Gasteiger partial charge is 0.290 e. The fraction of sp³-hybridized carbons (Fsp3) is 0.458. The normalized spacial score (nSPS) is 16.4. The number of hydrogen-bond donors (Lipinski definition) is 1. The van der Waals surface area contributed by atoms with E-state index < -0.39 is 17.7 Å². The summed E-state index contributed by atoms with van der Waals surface area (Å²) in [5.41, 5.74) is 1.49. The van der Waals surface area contributed by atoms with Gasteiger partial charge in [0.1, 0.15) is 5.75 Å². The Bertz CT molecular complexity index is 1010. The van der Waals surface area contributed by atoms with Crippen LogP contribution in [0.25, 0.3) is 0 Å². The summed E-state index contributed by atoms with van der Waals surface area (Å²) in [6, 6.07) is 6.62. The maximum atomic E-state index is 13.5. The second kappa shape index (κ2) is 10.3. The molecule has 32 heavy (non-hydrogen) atoms. The van der Waals surface area contributed by atoms with Crippen LogP contribution < -0.4 is 4.74 Å². The third kappa shape index (κ3) is 4.71. The maximum Gasteiger partial charge on any atom is 0.290 e. The molecule has 1 aromatic heterocycles. The zero-order valence-electron chi connectivity index (χ0n) is 19.3. The topological polar surface area (TPSA) is 83.0 Å². The van der Waals surface area contributed by atoms with Gasteiger partial charge in [-0.05, 0) is 57.6 Å². The first kappa shape index (κ1) is 23.9.